The lowest BCUT2D eigenvalue weighted by Gasteiger charge is -2.29. The fourth-order valence-corrected chi connectivity index (χ4v) is 2.53. The zero-order valence-electron chi connectivity index (χ0n) is 9.89. The summed E-state index contributed by atoms with van der Waals surface area (Å²) in [4.78, 5) is 0. The van der Waals surface area contributed by atoms with Gasteiger partial charge < -0.3 is 14.6 Å². The van der Waals surface area contributed by atoms with Gasteiger partial charge in [-0.3, -0.25) is 0 Å². The first kappa shape index (κ1) is 10.9. The molecule has 3 heteroatoms. The van der Waals surface area contributed by atoms with Crippen molar-refractivity contribution in [1.29, 1.82) is 0 Å². The average Bonchev–Trinajstić information content (AvgIpc) is 2.33. The monoisotopic (exact) mass is 234 g/mol. The Morgan fingerprint density at radius 1 is 1.24 bits per heavy atom. The molecule has 1 N–H and O–H groups in total. The van der Waals surface area contributed by atoms with Crippen LogP contribution in [0.1, 0.15) is 37.4 Å². The van der Waals surface area contributed by atoms with Gasteiger partial charge >= 0.3 is 0 Å². The van der Waals surface area contributed by atoms with Crippen molar-refractivity contribution in [3.8, 4) is 11.5 Å². The molecule has 1 aromatic rings. The van der Waals surface area contributed by atoms with Gasteiger partial charge in [-0.1, -0.05) is 31.4 Å². The lowest BCUT2D eigenvalue weighted by Crippen LogP contribution is -2.19. The summed E-state index contributed by atoms with van der Waals surface area (Å²) in [6, 6.07) is 5.76. The van der Waals surface area contributed by atoms with E-state index in [0.29, 0.717) is 19.1 Å². The first-order valence-electron chi connectivity index (χ1n) is 6.41. The number of fused-ring (bicyclic) bond motifs is 1. The molecule has 2 aliphatic rings. The molecule has 3 nitrogen and oxygen atoms in total. The Balaban J connectivity index is 1.80. The third kappa shape index (κ3) is 2.12. The van der Waals surface area contributed by atoms with Gasteiger partial charge in [0, 0.05) is 5.56 Å². The van der Waals surface area contributed by atoms with Crippen molar-refractivity contribution in [1.82, 2.24) is 0 Å². The SMILES string of the molecule is OC(CC1CCC1)c1cccc2c1OCCO2. The standard InChI is InChI=1S/C14H18O3/c15-12(9-10-3-1-4-10)11-5-2-6-13-14(11)17-8-7-16-13/h2,5-6,10,12,15H,1,3-4,7-9H2. The summed E-state index contributed by atoms with van der Waals surface area (Å²) in [7, 11) is 0. The summed E-state index contributed by atoms with van der Waals surface area (Å²) >= 11 is 0. The van der Waals surface area contributed by atoms with Crippen molar-refractivity contribution in [2.45, 2.75) is 31.8 Å². The zero-order valence-corrected chi connectivity index (χ0v) is 9.89. The highest BCUT2D eigenvalue weighted by molar-refractivity contribution is 5.48. The second kappa shape index (κ2) is 4.57. The van der Waals surface area contributed by atoms with Crippen molar-refractivity contribution in [3.05, 3.63) is 23.8 Å². The van der Waals surface area contributed by atoms with E-state index in [1.54, 1.807) is 0 Å². The summed E-state index contributed by atoms with van der Waals surface area (Å²) in [5.41, 5.74) is 0.883. The second-order valence-electron chi connectivity index (χ2n) is 4.92. The highest BCUT2D eigenvalue weighted by atomic mass is 16.6. The number of benzene rings is 1. The maximum atomic E-state index is 10.3. The number of hydrogen-bond acceptors (Lipinski definition) is 3. The zero-order chi connectivity index (χ0) is 11.7. The minimum absolute atomic E-state index is 0.419. The maximum absolute atomic E-state index is 10.3. The summed E-state index contributed by atoms with van der Waals surface area (Å²) in [5.74, 6) is 2.19. The molecule has 0 saturated heterocycles. The number of rotatable bonds is 3. The Labute approximate surface area is 101 Å². The molecule has 1 atom stereocenters. The molecule has 0 amide bonds. The van der Waals surface area contributed by atoms with Crippen LogP contribution in [0, 0.1) is 5.92 Å². The van der Waals surface area contributed by atoms with Crippen LogP contribution in [0.15, 0.2) is 18.2 Å². The molecule has 1 aromatic carbocycles. The number of aliphatic hydroxyl groups is 1. The van der Waals surface area contributed by atoms with E-state index in [9.17, 15) is 5.11 Å². The molecule has 1 aliphatic carbocycles. The van der Waals surface area contributed by atoms with Crippen molar-refractivity contribution in [3.63, 3.8) is 0 Å². The van der Waals surface area contributed by atoms with Crippen LogP contribution in [-0.2, 0) is 0 Å². The van der Waals surface area contributed by atoms with Crippen LogP contribution in [0.25, 0.3) is 0 Å². The minimum atomic E-state index is -0.419. The summed E-state index contributed by atoms with van der Waals surface area (Å²) < 4.78 is 11.1. The fourth-order valence-electron chi connectivity index (χ4n) is 2.53. The van der Waals surface area contributed by atoms with Gasteiger partial charge in [0.1, 0.15) is 13.2 Å². The summed E-state index contributed by atoms with van der Waals surface area (Å²) in [6.07, 6.45) is 4.24. The Hall–Kier alpha value is -1.22. The van der Waals surface area contributed by atoms with Crippen molar-refractivity contribution in [2.75, 3.05) is 13.2 Å². The van der Waals surface area contributed by atoms with Crippen LogP contribution in [0.5, 0.6) is 11.5 Å². The van der Waals surface area contributed by atoms with E-state index in [0.717, 1.165) is 23.5 Å². The molecule has 0 bridgehead atoms. The van der Waals surface area contributed by atoms with Crippen molar-refractivity contribution < 1.29 is 14.6 Å². The topological polar surface area (TPSA) is 38.7 Å². The molecule has 1 fully saturated rings. The molecule has 0 aromatic heterocycles. The minimum Gasteiger partial charge on any atom is -0.486 e. The third-order valence-corrected chi connectivity index (χ3v) is 3.74. The van der Waals surface area contributed by atoms with E-state index in [4.69, 9.17) is 9.47 Å². The van der Waals surface area contributed by atoms with Gasteiger partial charge in [0.05, 0.1) is 6.10 Å². The molecule has 1 saturated carbocycles. The molecule has 3 rings (SSSR count). The van der Waals surface area contributed by atoms with E-state index < -0.39 is 6.10 Å². The molecule has 0 radical (unpaired) electrons. The van der Waals surface area contributed by atoms with Crippen LogP contribution in [-0.4, -0.2) is 18.3 Å². The predicted molar refractivity (Wildman–Crippen MR) is 64.3 cm³/mol. The van der Waals surface area contributed by atoms with Gasteiger partial charge in [0.2, 0.25) is 0 Å². The van der Waals surface area contributed by atoms with E-state index in [1.165, 1.54) is 19.3 Å². The van der Waals surface area contributed by atoms with E-state index in [2.05, 4.69) is 0 Å². The lowest BCUT2D eigenvalue weighted by molar-refractivity contribution is 0.108. The van der Waals surface area contributed by atoms with Gasteiger partial charge in [-0.05, 0) is 18.4 Å². The first-order chi connectivity index (χ1) is 8.34. The molecule has 1 aliphatic heterocycles. The number of para-hydroxylation sites is 1. The Morgan fingerprint density at radius 3 is 2.82 bits per heavy atom. The van der Waals surface area contributed by atoms with Crippen LogP contribution in [0.2, 0.25) is 0 Å². The Morgan fingerprint density at radius 2 is 2.06 bits per heavy atom. The number of aliphatic hydroxyl groups excluding tert-OH is 1. The van der Waals surface area contributed by atoms with Crippen LogP contribution in [0.3, 0.4) is 0 Å². The molecule has 0 spiro atoms. The third-order valence-electron chi connectivity index (χ3n) is 3.74. The van der Waals surface area contributed by atoms with Crippen LogP contribution in [0.4, 0.5) is 0 Å². The van der Waals surface area contributed by atoms with Crippen molar-refractivity contribution >= 4 is 0 Å². The predicted octanol–water partition coefficient (Wildman–Crippen LogP) is 2.68. The van der Waals surface area contributed by atoms with E-state index >= 15 is 0 Å². The highest BCUT2D eigenvalue weighted by Crippen LogP contribution is 2.41. The van der Waals surface area contributed by atoms with Gasteiger partial charge in [0.15, 0.2) is 11.5 Å². The van der Waals surface area contributed by atoms with Crippen LogP contribution >= 0.6 is 0 Å². The molecule has 92 valence electrons. The normalized spacial score (nSPS) is 20.8. The number of ether oxygens (including phenoxy) is 2. The van der Waals surface area contributed by atoms with Crippen molar-refractivity contribution in [2.24, 2.45) is 5.92 Å². The summed E-state index contributed by atoms with van der Waals surface area (Å²) in [6.45, 7) is 1.16. The Bertz CT molecular complexity index is 398. The smallest absolute Gasteiger partial charge is 0.167 e. The fraction of sp³-hybridized carbons (Fsp3) is 0.571. The molecule has 1 heterocycles. The quantitative estimate of drug-likeness (QED) is 0.873. The van der Waals surface area contributed by atoms with E-state index in [1.807, 2.05) is 18.2 Å². The highest BCUT2D eigenvalue weighted by Gasteiger charge is 2.25. The Kier molecular flexibility index (Phi) is 2.93. The molecule has 1 unspecified atom stereocenters. The average molecular weight is 234 g/mol. The largest absolute Gasteiger partial charge is 0.486 e. The van der Waals surface area contributed by atoms with Gasteiger partial charge in [-0.2, -0.15) is 0 Å². The van der Waals surface area contributed by atoms with Gasteiger partial charge in [-0.15, -0.1) is 0 Å². The van der Waals surface area contributed by atoms with Gasteiger partial charge in [-0.25, -0.2) is 0 Å². The molecule has 17 heavy (non-hydrogen) atoms. The lowest BCUT2D eigenvalue weighted by atomic mass is 9.80. The molecular weight excluding hydrogens is 216 g/mol. The van der Waals surface area contributed by atoms with Crippen LogP contribution < -0.4 is 9.47 Å². The van der Waals surface area contributed by atoms with E-state index in [-0.39, 0.29) is 0 Å². The van der Waals surface area contributed by atoms with Gasteiger partial charge in [0.25, 0.3) is 0 Å². The second-order valence-corrected chi connectivity index (χ2v) is 4.92. The summed E-state index contributed by atoms with van der Waals surface area (Å²) in [5, 5.41) is 10.3. The maximum Gasteiger partial charge on any atom is 0.167 e. The first-order valence-corrected chi connectivity index (χ1v) is 6.41. The number of hydrogen-bond donors (Lipinski definition) is 1. The molecular formula is C14H18O3.